The number of hydrogen-bond donors (Lipinski definition) is 2. The van der Waals surface area contributed by atoms with Crippen LogP contribution in [0.1, 0.15) is 20.3 Å². The van der Waals surface area contributed by atoms with E-state index < -0.39 is 6.04 Å². The van der Waals surface area contributed by atoms with Crippen LogP contribution in [0.3, 0.4) is 0 Å². The van der Waals surface area contributed by atoms with Crippen molar-refractivity contribution in [1.29, 1.82) is 0 Å². The molecule has 0 aromatic carbocycles. The van der Waals surface area contributed by atoms with E-state index in [0.717, 1.165) is 0 Å². The average molecular weight is 260 g/mol. The molecule has 6 nitrogen and oxygen atoms in total. The van der Waals surface area contributed by atoms with Gasteiger partial charge >= 0.3 is 5.97 Å². The van der Waals surface area contributed by atoms with Crippen LogP contribution in [0.25, 0.3) is 0 Å². The second kappa shape index (κ2) is 9.85. The maximum atomic E-state index is 11.5. The molecule has 1 atom stereocenters. The Balaban J connectivity index is 4.01. The lowest BCUT2D eigenvalue weighted by Crippen LogP contribution is -2.44. The van der Waals surface area contributed by atoms with Gasteiger partial charge in [0.1, 0.15) is 6.04 Å². The molecule has 0 aromatic rings. The molecule has 0 bridgehead atoms. The zero-order valence-electron chi connectivity index (χ0n) is 11.6. The Hall–Kier alpha value is -1.14. The van der Waals surface area contributed by atoms with Crippen molar-refractivity contribution in [3.63, 3.8) is 0 Å². The fourth-order valence-corrected chi connectivity index (χ4v) is 1.45. The molecule has 0 rings (SSSR count). The lowest BCUT2D eigenvalue weighted by molar-refractivity contribution is -0.143. The predicted molar refractivity (Wildman–Crippen MR) is 68.1 cm³/mol. The Morgan fingerprint density at radius 1 is 1.22 bits per heavy atom. The summed E-state index contributed by atoms with van der Waals surface area (Å²) in [4.78, 5) is 22.9. The predicted octanol–water partition coefficient (Wildman–Crippen LogP) is -0.0737. The zero-order chi connectivity index (χ0) is 14.0. The standard InChI is InChI=1S/C12H24N2O4/c1-9(2)7-10(12(16)18-4)14-8-11(15)13-5-6-17-3/h9-10,14H,5-8H2,1-4H3,(H,13,15). The summed E-state index contributed by atoms with van der Waals surface area (Å²) in [5, 5.41) is 5.57. The van der Waals surface area contributed by atoms with E-state index in [1.807, 2.05) is 13.8 Å². The van der Waals surface area contributed by atoms with Gasteiger partial charge in [0, 0.05) is 13.7 Å². The molecule has 0 saturated heterocycles. The summed E-state index contributed by atoms with van der Waals surface area (Å²) >= 11 is 0. The molecule has 6 heteroatoms. The summed E-state index contributed by atoms with van der Waals surface area (Å²) in [6, 6.07) is -0.442. The molecule has 0 radical (unpaired) electrons. The Kier molecular flexibility index (Phi) is 9.22. The van der Waals surface area contributed by atoms with Crippen LogP contribution in [-0.2, 0) is 19.1 Å². The molecule has 0 heterocycles. The molecule has 2 N–H and O–H groups in total. The smallest absolute Gasteiger partial charge is 0.322 e. The third kappa shape index (κ3) is 8.03. The van der Waals surface area contributed by atoms with E-state index in [1.54, 1.807) is 7.11 Å². The fourth-order valence-electron chi connectivity index (χ4n) is 1.45. The van der Waals surface area contributed by atoms with Gasteiger partial charge in [-0.05, 0) is 12.3 Å². The van der Waals surface area contributed by atoms with Crippen molar-refractivity contribution in [2.75, 3.05) is 33.9 Å². The van der Waals surface area contributed by atoms with Gasteiger partial charge < -0.3 is 14.8 Å². The van der Waals surface area contributed by atoms with E-state index in [9.17, 15) is 9.59 Å². The Morgan fingerprint density at radius 3 is 2.39 bits per heavy atom. The molecule has 1 unspecified atom stereocenters. The van der Waals surface area contributed by atoms with Crippen LogP contribution in [0.2, 0.25) is 0 Å². The zero-order valence-corrected chi connectivity index (χ0v) is 11.6. The van der Waals surface area contributed by atoms with Gasteiger partial charge in [-0.15, -0.1) is 0 Å². The number of amides is 1. The number of carbonyl (C=O) groups excluding carboxylic acids is 2. The molecular weight excluding hydrogens is 236 g/mol. The van der Waals surface area contributed by atoms with Crippen LogP contribution in [0.4, 0.5) is 0 Å². The van der Waals surface area contributed by atoms with E-state index in [-0.39, 0.29) is 18.4 Å². The highest BCUT2D eigenvalue weighted by molar-refractivity contribution is 5.80. The van der Waals surface area contributed by atoms with E-state index in [0.29, 0.717) is 25.5 Å². The molecule has 0 fully saturated rings. The molecule has 0 spiro atoms. The molecule has 0 aliphatic heterocycles. The van der Waals surface area contributed by atoms with Crippen molar-refractivity contribution in [3.05, 3.63) is 0 Å². The first kappa shape index (κ1) is 16.9. The van der Waals surface area contributed by atoms with Gasteiger partial charge in [-0.25, -0.2) is 0 Å². The van der Waals surface area contributed by atoms with Crippen molar-refractivity contribution >= 4 is 11.9 Å². The minimum absolute atomic E-state index is 0.0935. The average Bonchev–Trinajstić information content (AvgIpc) is 2.33. The summed E-state index contributed by atoms with van der Waals surface area (Å²) in [7, 11) is 2.91. The van der Waals surface area contributed by atoms with E-state index in [1.165, 1.54) is 7.11 Å². The number of rotatable bonds is 9. The van der Waals surface area contributed by atoms with Gasteiger partial charge in [0.15, 0.2) is 0 Å². The number of ether oxygens (including phenoxy) is 2. The van der Waals surface area contributed by atoms with E-state index >= 15 is 0 Å². The van der Waals surface area contributed by atoms with Crippen molar-refractivity contribution in [2.45, 2.75) is 26.3 Å². The molecule has 106 valence electrons. The number of nitrogens with one attached hydrogen (secondary N) is 2. The molecule has 0 aliphatic rings. The highest BCUT2D eigenvalue weighted by atomic mass is 16.5. The van der Waals surface area contributed by atoms with Crippen molar-refractivity contribution in [3.8, 4) is 0 Å². The van der Waals surface area contributed by atoms with Gasteiger partial charge in [0.25, 0.3) is 0 Å². The lowest BCUT2D eigenvalue weighted by Gasteiger charge is -2.18. The second-order valence-corrected chi connectivity index (χ2v) is 4.43. The normalized spacial score (nSPS) is 12.3. The quantitative estimate of drug-likeness (QED) is 0.448. The number of methoxy groups -OCH3 is 2. The maximum Gasteiger partial charge on any atom is 0.322 e. The number of hydrogen-bond acceptors (Lipinski definition) is 5. The van der Waals surface area contributed by atoms with Crippen LogP contribution in [0.5, 0.6) is 0 Å². The summed E-state index contributed by atoms with van der Waals surface area (Å²) in [5.74, 6) is -0.156. The van der Waals surface area contributed by atoms with Crippen LogP contribution >= 0.6 is 0 Å². The Morgan fingerprint density at radius 2 is 1.89 bits per heavy atom. The first-order valence-electron chi connectivity index (χ1n) is 6.08. The van der Waals surface area contributed by atoms with Crippen molar-refractivity contribution < 1.29 is 19.1 Å². The largest absolute Gasteiger partial charge is 0.468 e. The van der Waals surface area contributed by atoms with Crippen LogP contribution < -0.4 is 10.6 Å². The third-order valence-corrected chi connectivity index (χ3v) is 2.33. The van der Waals surface area contributed by atoms with Crippen LogP contribution in [0.15, 0.2) is 0 Å². The lowest BCUT2D eigenvalue weighted by atomic mass is 10.0. The topological polar surface area (TPSA) is 76.7 Å². The van der Waals surface area contributed by atoms with Gasteiger partial charge in [-0.1, -0.05) is 13.8 Å². The minimum atomic E-state index is -0.442. The van der Waals surface area contributed by atoms with Gasteiger partial charge in [0.2, 0.25) is 5.91 Å². The molecule has 0 aliphatic carbocycles. The fraction of sp³-hybridized carbons (Fsp3) is 0.833. The molecule has 0 aromatic heterocycles. The summed E-state index contributed by atoms with van der Waals surface area (Å²) in [6.07, 6.45) is 0.637. The number of esters is 1. The van der Waals surface area contributed by atoms with Gasteiger partial charge in [-0.2, -0.15) is 0 Å². The van der Waals surface area contributed by atoms with E-state index in [2.05, 4.69) is 10.6 Å². The molecule has 0 saturated carbocycles. The van der Waals surface area contributed by atoms with Gasteiger partial charge in [-0.3, -0.25) is 14.9 Å². The first-order valence-corrected chi connectivity index (χ1v) is 6.08. The minimum Gasteiger partial charge on any atom is -0.468 e. The summed E-state index contributed by atoms with van der Waals surface area (Å²) in [6.45, 7) is 5.05. The number of carbonyl (C=O) groups is 2. The third-order valence-electron chi connectivity index (χ3n) is 2.33. The first-order chi connectivity index (χ1) is 8.51. The van der Waals surface area contributed by atoms with Crippen LogP contribution in [0, 0.1) is 5.92 Å². The summed E-state index contributed by atoms with van der Waals surface area (Å²) < 4.78 is 9.51. The molecule has 1 amide bonds. The second-order valence-electron chi connectivity index (χ2n) is 4.43. The highest BCUT2D eigenvalue weighted by Crippen LogP contribution is 2.05. The van der Waals surface area contributed by atoms with Gasteiger partial charge in [0.05, 0.1) is 20.3 Å². The van der Waals surface area contributed by atoms with Crippen molar-refractivity contribution in [2.24, 2.45) is 5.92 Å². The molecule has 18 heavy (non-hydrogen) atoms. The van der Waals surface area contributed by atoms with Crippen LogP contribution in [-0.4, -0.2) is 51.8 Å². The monoisotopic (exact) mass is 260 g/mol. The Bertz CT molecular complexity index is 256. The van der Waals surface area contributed by atoms with E-state index in [4.69, 9.17) is 9.47 Å². The molecular formula is C12H24N2O4. The summed E-state index contributed by atoms with van der Waals surface area (Å²) in [5.41, 5.74) is 0. The maximum absolute atomic E-state index is 11.5. The Labute approximate surface area is 108 Å². The SMILES string of the molecule is COCCNC(=O)CNC(CC(C)C)C(=O)OC. The van der Waals surface area contributed by atoms with Crippen molar-refractivity contribution in [1.82, 2.24) is 10.6 Å². The highest BCUT2D eigenvalue weighted by Gasteiger charge is 2.20.